The number of ether oxygens (including phenoxy) is 1. The SMILES string of the molecule is CCC(C)(OC)C(NN)C1CCC1. The largest absolute Gasteiger partial charge is 0.377 e. The normalized spacial score (nSPS) is 24.9. The first kappa shape index (κ1) is 11.0. The van der Waals surface area contributed by atoms with E-state index in [9.17, 15) is 0 Å². The molecule has 3 N–H and O–H groups in total. The number of methoxy groups -OCH3 is 1. The second-order valence-electron chi connectivity index (χ2n) is 4.21. The molecule has 0 heterocycles. The van der Waals surface area contributed by atoms with Crippen LogP contribution in [0.15, 0.2) is 0 Å². The zero-order valence-corrected chi connectivity index (χ0v) is 8.97. The lowest BCUT2D eigenvalue weighted by molar-refractivity contribution is -0.0563. The molecule has 0 aromatic rings. The van der Waals surface area contributed by atoms with Crippen molar-refractivity contribution < 1.29 is 4.74 Å². The molecule has 2 unspecified atom stereocenters. The van der Waals surface area contributed by atoms with Crippen LogP contribution >= 0.6 is 0 Å². The standard InChI is InChI=1S/C10H22N2O/c1-4-10(2,13-3)9(12-11)8-6-5-7-8/h8-9,12H,4-7,11H2,1-3H3. The molecule has 0 aliphatic heterocycles. The van der Waals surface area contributed by atoms with Crippen LogP contribution in [0.5, 0.6) is 0 Å². The van der Waals surface area contributed by atoms with Crippen LogP contribution in [0.3, 0.4) is 0 Å². The van der Waals surface area contributed by atoms with Crippen LogP contribution in [-0.4, -0.2) is 18.8 Å². The molecule has 13 heavy (non-hydrogen) atoms. The highest BCUT2D eigenvalue weighted by atomic mass is 16.5. The number of rotatable bonds is 5. The Morgan fingerprint density at radius 2 is 2.23 bits per heavy atom. The molecule has 0 amide bonds. The molecule has 0 saturated heterocycles. The molecule has 0 bridgehead atoms. The number of hydrogen-bond acceptors (Lipinski definition) is 3. The van der Waals surface area contributed by atoms with Gasteiger partial charge < -0.3 is 4.74 Å². The van der Waals surface area contributed by atoms with Crippen molar-refractivity contribution in [2.24, 2.45) is 11.8 Å². The fourth-order valence-corrected chi connectivity index (χ4v) is 2.08. The van der Waals surface area contributed by atoms with Crippen LogP contribution in [0.1, 0.15) is 39.5 Å². The lowest BCUT2D eigenvalue weighted by atomic mass is 9.73. The van der Waals surface area contributed by atoms with Gasteiger partial charge in [0, 0.05) is 7.11 Å². The quantitative estimate of drug-likeness (QED) is 0.504. The molecule has 1 aliphatic rings. The van der Waals surface area contributed by atoms with E-state index < -0.39 is 0 Å². The first-order valence-electron chi connectivity index (χ1n) is 5.19. The average molecular weight is 186 g/mol. The highest BCUT2D eigenvalue weighted by Gasteiger charge is 2.39. The smallest absolute Gasteiger partial charge is 0.0816 e. The summed E-state index contributed by atoms with van der Waals surface area (Å²) in [5.41, 5.74) is 2.81. The second-order valence-corrected chi connectivity index (χ2v) is 4.21. The predicted octanol–water partition coefficient (Wildman–Crippen LogP) is 1.43. The van der Waals surface area contributed by atoms with Crippen LogP contribution in [0.2, 0.25) is 0 Å². The van der Waals surface area contributed by atoms with E-state index in [1.54, 1.807) is 7.11 Å². The predicted molar refractivity (Wildman–Crippen MR) is 54.2 cm³/mol. The van der Waals surface area contributed by atoms with E-state index >= 15 is 0 Å². The van der Waals surface area contributed by atoms with Gasteiger partial charge in [0.15, 0.2) is 0 Å². The van der Waals surface area contributed by atoms with E-state index in [1.165, 1.54) is 19.3 Å². The van der Waals surface area contributed by atoms with Crippen molar-refractivity contribution in [3.63, 3.8) is 0 Å². The zero-order chi connectivity index (χ0) is 9.90. The summed E-state index contributed by atoms with van der Waals surface area (Å²) in [6.07, 6.45) is 4.91. The third-order valence-electron chi connectivity index (χ3n) is 3.63. The second kappa shape index (κ2) is 4.40. The summed E-state index contributed by atoms with van der Waals surface area (Å²) in [7, 11) is 1.77. The maximum absolute atomic E-state index is 5.59. The minimum absolute atomic E-state index is 0.111. The van der Waals surface area contributed by atoms with Crippen LogP contribution in [-0.2, 0) is 4.74 Å². The van der Waals surface area contributed by atoms with Crippen LogP contribution in [0, 0.1) is 5.92 Å². The summed E-state index contributed by atoms with van der Waals surface area (Å²) in [6.45, 7) is 4.28. The minimum Gasteiger partial charge on any atom is -0.377 e. The van der Waals surface area contributed by atoms with E-state index in [0.717, 1.165) is 6.42 Å². The summed E-state index contributed by atoms with van der Waals surface area (Å²) in [5.74, 6) is 6.29. The summed E-state index contributed by atoms with van der Waals surface area (Å²) in [6, 6.07) is 0.302. The van der Waals surface area contributed by atoms with E-state index in [2.05, 4.69) is 19.3 Å². The molecule has 1 aliphatic carbocycles. The van der Waals surface area contributed by atoms with E-state index in [0.29, 0.717) is 12.0 Å². The molecule has 1 saturated carbocycles. The van der Waals surface area contributed by atoms with Gasteiger partial charge in [0.25, 0.3) is 0 Å². The zero-order valence-electron chi connectivity index (χ0n) is 8.97. The summed E-state index contributed by atoms with van der Waals surface area (Å²) in [4.78, 5) is 0. The summed E-state index contributed by atoms with van der Waals surface area (Å²) in [5, 5.41) is 0. The Morgan fingerprint density at radius 3 is 2.46 bits per heavy atom. The van der Waals surface area contributed by atoms with Gasteiger partial charge in [-0.15, -0.1) is 0 Å². The van der Waals surface area contributed by atoms with Gasteiger partial charge in [0.1, 0.15) is 0 Å². The Kier molecular flexibility index (Phi) is 3.71. The van der Waals surface area contributed by atoms with Crippen molar-refractivity contribution in [1.82, 2.24) is 5.43 Å². The van der Waals surface area contributed by atoms with Gasteiger partial charge in [-0.05, 0) is 32.1 Å². The number of nitrogens with one attached hydrogen (secondary N) is 1. The van der Waals surface area contributed by atoms with Crippen molar-refractivity contribution in [3.05, 3.63) is 0 Å². The molecule has 3 heteroatoms. The van der Waals surface area contributed by atoms with E-state index in [-0.39, 0.29) is 5.60 Å². The van der Waals surface area contributed by atoms with Crippen molar-refractivity contribution in [2.45, 2.75) is 51.2 Å². The van der Waals surface area contributed by atoms with Gasteiger partial charge in [0.05, 0.1) is 11.6 Å². The van der Waals surface area contributed by atoms with Crippen molar-refractivity contribution in [2.75, 3.05) is 7.11 Å². The molecular weight excluding hydrogens is 164 g/mol. The monoisotopic (exact) mass is 186 g/mol. The fraction of sp³-hybridized carbons (Fsp3) is 1.00. The van der Waals surface area contributed by atoms with Gasteiger partial charge in [-0.1, -0.05) is 13.3 Å². The molecular formula is C10H22N2O. The van der Waals surface area contributed by atoms with Crippen molar-refractivity contribution >= 4 is 0 Å². The van der Waals surface area contributed by atoms with E-state index in [4.69, 9.17) is 10.6 Å². The molecule has 0 radical (unpaired) electrons. The highest BCUT2D eigenvalue weighted by Crippen LogP contribution is 2.36. The maximum Gasteiger partial charge on any atom is 0.0816 e. The first-order valence-corrected chi connectivity index (χ1v) is 5.19. The van der Waals surface area contributed by atoms with Gasteiger partial charge in [-0.2, -0.15) is 0 Å². The Balaban J connectivity index is 2.61. The van der Waals surface area contributed by atoms with E-state index in [1.807, 2.05) is 0 Å². The Bertz CT molecular complexity index is 153. The Morgan fingerprint density at radius 1 is 1.62 bits per heavy atom. The number of nitrogens with two attached hydrogens (primary N) is 1. The first-order chi connectivity index (χ1) is 6.18. The van der Waals surface area contributed by atoms with Crippen LogP contribution in [0.4, 0.5) is 0 Å². The van der Waals surface area contributed by atoms with Crippen molar-refractivity contribution in [3.8, 4) is 0 Å². The highest BCUT2D eigenvalue weighted by molar-refractivity contribution is 4.94. The molecule has 3 nitrogen and oxygen atoms in total. The topological polar surface area (TPSA) is 47.3 Å². The Labute approximate surface area is 81.0 Å². The van der Waals surface area contributed by atoms with Crippen LogP contribution in [0.25, 0.3) is 0 Å². The Hall–Kier alpha value is -0.120. The van der Waals surface area contributed by atoms with Crippen LogP contribution < -0.4 is 11.3 Å². The lowest BCUT2D eigenvalue weighted by Crippen LogP contribution is -2.57. The molecule has 0 aromatic carbocycles. The van der Waals surface area contributed by atoms with Gasteiger partial charge in [-0.3, -0.25) is 11.3 Å². The number of hydrazine groups is 1. The molecule has 0 spiro atoms. The average Bonchev–Trinajstić information content (AvgIpc) is 2.09. The molecule has 1 fully saturated rings. The molecule has 2 atom stereocenters. The van der Waals surface area contributed by atoms with Gasteiger partial charge in [-0.25, -0.2) is 0 Å². The summed E-state index contributed by atoms with van der Waals surface area (Å²) >= 11 is 0. The minimum atomic E-state index is -0.111. The van der Waals surface area contributed by atoms with Gasteiger partial charge >= 0.3 is 0 Å². The molecule has 78 valence electrons. The molecule has 1 rings (SSSR count). The third kappa shape index (κ3) is 2.03. The lowest BCUT2D eigenvalue weighted by Gasteiger charge is -2.43. The molecule has 0 aromatic heterocycles. The van der Waals surface area contributed by atoms with Crippen molar-refractivity contribution in [1.29, 1.82) is 0 Å². The third-order valence-corrected chi connectivity index (χ3v) is 3.63. The van der Waals surface area contributed by atoms with Gasteiger partial charge in [0.2, 0.25) is 0 Å². The summed E-state index contributed by atoms with van der Waals surface area (Å²) < 4.78 is 5.55. The number of hydrogen-bond donors (Lipinski definition) is 2. The maximum atomic E-state index is 5.59. The fourth-order valence-electron chi connectivity index (χ4n) is 2.08.